The Kier molecular flexibility index (Phi) is 3.59. The van der Waals surface area contributed by atoms with Gasteiger partial charge in [-0.15, -0.1) is 5.10 Å². The topological polar surface area (TPSA) is 83.6 Å². The minimum absolute atomic E-state index is 0.0653. The van der Waals surface area contributed by atoms with Crippen LogP contribution >= 0.6 is 0 Å². The Hall–Kier alpha value is -2.24. The quantitative estimate of drug-likeness (QED) is 0.885. The fourth-order valence-electron chi connectivity index (χ4n) is 1.59. The predicted octanol–water partition coefficient (Wildman–Crippen LogP) is 2.24. The van der Waals surface area contributed by atoms with E-state index in [4.69, 9.17) is 0 Å². The summed E-state index contributed by atoms with van der Waals surface area (Å²) in [5, 5.41) is 9.37. The zero-order valence-corrected chi connectivity index (χ0v) is 11.3. The molecule has 0 unspecified atom stereocenters. The van der Waals surface area contributed by atoms with E-state index in [2.05, 4.69) is 25.5 Å². The van der Waals surface area contributed by atoms with Crippen LogP contribution in [0.25, 0.3) is 11.5 Å². The van der Waals surface area contributed by atoms with Crippen LogP contribution in [0.3, 0.4) is 0 Å². The Morgan fingerprint density at radius 2 is 2.16 bits per heavy atom. The summed E-state index contributed by atoms with van der Waals surface area (Å²) < 4.78 is 0. The van der Waals surface area contributed by atoms with E-state index in [-0.39, 0.29) is 17.3 Å². The molecule has 0 spiro atoms. The fraction of sp³-hybridized carbons (Fsp3) is 0.385. The predicted molar refractivity (Wildman–Crippen MR) is 72.3 cm³/mol. The van der Waals surface area contributed by atoms with Crippen LogP contribution in [0.4, 0.5) is 5.95 Å². The van der Waals surface area contributed by atoms with Gasteiger partial charge in [0.25, 0.3) is 0 Å². The van der Waals surface area contributed by atoms with Gasteiger partial charge >= 0.3 is 0 Å². The van der Waals surface area contributed by atoms with E-state index in [9.17, 15) is 4.79 Å². The summed E-state index contributed by atoms with van der Waals surface area (Å²) in [4.78, 5) is 20.1. The molecule has 2 N–H and O–H groups in total. The molecule has 0 atom stereocenters. The van der Waals surface area contributed by atoms with Gasteiger partial charge in [0.1, 0.15) is 5.69 Å². The van der Waals surface area contributed by atoms with Crippen LogP contribution in [0.1, 0.15) is 27.2 Å². The molecular formula is C13H17N5O. The summed E-state index contributed by atoms with van der Waals surface area (Å²) in [5.74, 6) is 0.709. The van der Waals surface area contributed by atoms with Crippen molar-refractivity contribution in [3.63, 3.8) is 0 Å². The Labute approximate surface area is 111 Å². The van der Waals surface area contributed by atoms with Crippen molar-refractivity contribution in [1.29, 1.82) is 0 Å². The molecule has 100 valence electrons. The lowest BCUT2D eigenvalue weighted by Gasteiger charge is -2.16. The van der Waals surface area contributed by atoms with Gasteiger partial charge in [-0.3, -0.25) is 20.2 Å². The van der Waals surface area contributed by atoms with Gasteiger partial charge in [-0.25, -0.2) is 0 Å². The first kappa shape index (κ1) is 13.2. The van der Waals surface area contributed by atoms with Gasteiger partial charge in [0.15, 0.2) is 5.82 Å². The number of carbonyl (C=O) groups is 1. The van der Waals surface area contributed by atoms with Crippen LogP contribution in [-0.2, 0) is 4.79 Å². The second kappa shape index (κ2) is 5.17. The largest absolute Gasteiger partial charge is 0.293 e. The van der Waals surface area contributed by atoms with E-state index in [1.165, 1.54) is 0 Å². The lowest BCUT2D eigenvalue weighted by molar-refractivity contribution is -0.117. The fourth-order valence-corrected chi connectivity index (χ4v) is 1.59. The monoisotopic (exact) mass is 259 g/mol. The molecule has 0 saturated carbocycles. The van der Waals surface area contributed by atoms with Crippen LogP contribution in [0.15, 0.2) is 24.4 Å². The standard InChI is InChI=1S/C13H17N5O/c1-13(2,3)8-10(19)15-12-16-11(17-18-12)9-6-4-5-7-14-9/h4-7H,8H2,1-3H3,(H2,15,16,17,18,19). The Bertz CT molecular complexity index is 556. The molecule has 2 aromatic rings. The second-order valence-electron chi connectivity index (χ2n) is 5.51. The van der Waals surface area contributed by atoms with Crippen LogP contribution in [0.2, 0.25) is 0 Å². The van der Waals surface area contributed by atoms with Gasteiger partial charge in [-0.2, -0.15) is 4.98 Å². The zero-order valence-electron chi connectivity index (χ0n) is 11.3. The number of hydrogen-bond donors (Lipinski definition) is 2. The van der Waals surface area contributed by atoms with Crippen LogP contribution < -0.4 is 5.32 Å². The van der Waals surface area contributed by atoms with E-state index >= 15 is 0 Å². The van der Waals surface area contributed by atoms with Crippen molar-refractivity contribution in [2.24, 2.45) is 5.41 Å². The van der Waals surface area contributed by atoms with Gasteiger partial charge in [-0.1, -0.05) is 26.8 Å². The molecule has 2 aromatic heterocycles. The molecule has 0 aliphatic carbocycles. The van der Waals surface area contributed by atoms with Gasteiger partial charge in [0.2, 0.25) is 11.9 Å². The molecule has 0 aliphatic heterocycles. The highest BCUT2D eigenvalue weighted by Gasteiger charge is 2.17. The number of anilines is 1. The van der Waals surface area contributed by atoms with Crippen molar-refractivity contribution in [3.05, 3.63) is 24.4 Å². The van der Waals surface area contributed by atoms with Crippen LogP contribution in [-0.4, -0.2) is 26.1 Å². The summed E-state index contributed by atoms with van der Waals surface area (Å²) in [7, 11) is 0. The number of pyridine rings is 1. The van der Waals surface area contributed by atoms with Crippen LogP contribution in [0, 0.1) is 5.41 Å². The number of aromatic nitrogens is 4. The number of nitrogens with one attached hydrogen (secondary N) is 2. The summed E-state index contributed by atoms with van der Waals surface area (Å²) >= 11 is 0. The molecule has 0 fully saturated rings. The third kappa shape index (κ3) is 3.87. The third-order valence-corrected chi connectivity index (χ3v) is 2.34. The minimum Gasteiger partial charge on any atom is -0.293 e. The number of rotatable bonds is 3. The number of nitrogens with zero attached hydrogens (tertiary/aromatic N) is 3. The molecule has 6 nitrogen and oxygen atoms in total. The SMILES string of the molecule is CC(C)(C)CC(=O)Nc1n[nH]c(-c2ccccn2)n1. The lowest BCUT2D eigenvalue weighted by atomic mass is 9.92. The molecule has 0 radical (unpaired) electrons. The second-order valence-corrected chi connectivity index (χ2v) is 5.51. The van der Waals surface area contributed by atoms with Crippen molar-refractivity contribution in [2.75, 3.05) is 5.32 Å². The molecule has 0 aromatic carbocycles. The van der Waals surface area contributed by atoms with Gasteiger partial charge < -0.3 is 0 Å². The maximum atomic E-state index is 11.8. The van der Waals surface area contributed by atoms with Crippen molar-refractivity contribution in [3.8, 4) is 11.5 Å². The Balaban J connectivity index is 2.04. The first-order valence-corrected chi connectivity index (χ1v) is 6.08. The molecule has 2 rings (SSSR count). The highest BCUT2D eigenvalue weighted by molar-refractivity contribution is 5.89. The zero-order chi connectivity index (χ0) is 13.9. The number of amides is 1. The van der Waals surface area contributed by atoms with E-state index < -0.39 is 0 Å². The van der Waals surface area contributed by atoms with Crippen molar-refractivity contribution >= 4 is 11.9 Å². The van der Waals surface area contributed by atoms with E-state index in [1.54, 1.807) is 6.20 Å². The highest BCUT2D eigenvalue weighted by Crippen LogP contribution is 2.19. The number of aromatic amines is 1. The van der Waals surface area contributed by atoms with Gasteiger partial charge in [0.05, 0.1) is 0 Å². The minimum atomic E-state index is -0.0981. The van der Waals surface area contributed by atoms with Crippen LogP contribution in [0.5, 0.6) is 0 Å². The maximum Gasteiger partial charge on any atom is 0.249 e. The van der Waals surface area contributed by atoms with Crippen molar-refractivity contribution < 1.29 is 4.79 Å². The molecule has 2 heterocycles. The average molecular weight is 259 g/mol. The van der Waals surface area contributed by atoms with E-state index in [0.29, 0.717) is 17.9 Å². The third-order valence-electron chi connectivity index (χ3n) is 2.34. The number of H-pyrrole nitrogens is 1. The number of hydrogen-bond acceptors (Lipinski definition) is 4. The molecule has 1 amide bonds. The van der Waals surface area contributed by atoms with E-state index in [1.807, 2.05) is 39.0 Å². The first-order valence-electron chi connectivity index (χ1n) is 6.08. The van der Waals surface area contributed by atoms with Gasteiger partial charge in [0, 0.05) is 12.6 Å². The molecular weight excluding hydrogens is 242 g/mol. The molecule has 0 bridgehead atoms. The summed E-state index contributed by atoms with van der Waals surface area (Å²) in [6.07, 6.45) is 2.09. The molecule has 0 aliphatic rings. The maximum absolute atomic E-state index is 11.8. The van der Waals surface area contributed by atoms with Crippen molar-refractivity contribution in [1.82, 2.24) is 20.2 Å². The summed E-state index contributed by atoms with van der Waals surface area (Å²) in [6.45, 7) is 6.01. The van der Waals surface area contributed by atoms with Gasteiger partial charge in [-0.05, 0) is 17.5 Å². The molecule has 0 saturated heterocycles. The Morgan fingerprint density at radius 1 is 1.37 bits per heavy atom. The Morgan fingerprint density at radius 3 is 2.79 bits per heavy atom. The summed E-state index contributed by atoms with van der Waals surface area (Å²) in [6, 6.07) is 5.51. The van der Waals surface area contributed by atoms with E-state index in [0.717, 1.165) is 0 Å². The normalized spacial score (nSPS) is 11.3. The number of carbonyl (C=O) groups excluding carboxylic acids is 1. The highest BCUT2D eigenvalue weighted by atomic mass is 16.1. The smallest absolute Gasteiger partial charge is 0.249 e. The first-order chi connectivity index (χ1) is 8.94. The van der Waals surface area contributed by atoms with Crippen molar-refractivity contribution in [2.45, 2.75) is 27.2 Å². The lowest BCUT2D eigenvalue weighted by Crippen LogP contribution is -2.20. The molecule has 19 heavy (non-hydrogen) atoms. The molecule has 6 heteroatoms. The average Bonchev–Trinajstić information content (AvgIpc) is 2.76. The summed E-state index contributed by atoms with van der Waals surface area (Å²) in [5.41, 5.74) is 0.621.